The van der Waals surface area contributed by atoms with Crippen LogP contribution in [0.2, 0.25) is 0 Å². The van der Waals surface area contributed by atoms with E-state index in [1.807, 2.05) is 58.9 Å². The maximum absolute atomic E-state index is 11.9. The molecular formula is C25H35BO9. The van der Waals surface area contributed by atoms with Crippen molar-refractivity contribution in [1.29, 1.82) is 0 Å². The van der Waals surface area contributed by atoms with Crippen LogP contribution in [0.1, 0.15) is 67.1 Å². The Kier molecular flexibility index (Phi) is 7.98. The fourth-order valence-electron chi connectivity index (χ4n) is 4.35. The van der Waals surface area contributed by atoms with Crippen LogP contribution in [0, 0.1) is 5.92 Å². The number of hydrogen-bond acceptors (Lipinski definition) is 9. The molecule has 0 amide bonds. The van der Waals surface area contributed by atoms with Gasteiger partial charge in [0.1, 0.15) is 18.8 Å². The molecule has 0 N–H and O–H groups in total. The highest BCUT2D eigenvalue weighted by molar-refractivity contribution is 6.62. The van der Waals surface area contributed by atoms with E-state index in [0.717, 1.165) is 11.0 Å². The van der Waals surface area contributed by atoms with Crippen LogP contribution in [0.4, 0.5) is 0 Å². The summed E-state index contributed by atoms with van der Waals surface area (Å²) in [6, 6.07) is 7.63. The van der Waals surface area contributed by atoms with Gasteiger partial charge in [0.25, 0.3) is 0 Å². The molecule has 2 aliphatic heterocycles. The van der Waals surface area contributed by atoms with Crippen molar-refractivity contribution in [1.82, 2.24) is 0 Å². The van der Waals surface area contributed by atoms with Crippen molar-refractivity contribution in [3.8, 4) is 0 Å². The van der Waals surface area contributed by atoms with Crippen LogP contribution in [0.3, 0.4) is 0 Å². The average Bonchev–Trinajstić information content (AvgIpc) is 2.96. The smallest absolute Gasteiger partial charge is 0.463 e. The molecule has 2 fully saturated rings. The summed E-state index contributed by atoms with van der Waals surface area (Å²) >= 11 is 0. The van der Waals surface area contributed by atoms with Crippen LogP contribution in [0.25, 0.3) is 0 Å². The van der Waals surface area contributed by atoms with Crippen molar-refractivity contribution in [2.75, 3.05) is 6.61 Å². The Morgan fingerprint density at radius 3 is 2.03 bits per heavy atom. The zero-order chi connectivity index (χ0) is 26.1. The second kappa shape index (κ2) is 10.3. The van der Waals surface area contributed by atoms with E-state index < -0.39 is 60.6 Å². The molecule has 3 rings (SSSR count). The van der Waals surface area contributed by atoms with Crippen molar-refractivity contribution in [2.45, 2.75) is 91.0 Å². The van der Waals surface area contributed by atoms with E-state index >= 15 is 0 Å². The highest BCUT2D eigenvalue weighted by Crippen LogP contribution is 2.40. The van der Waals surface area contributed by atoms with E-state index in [0.29, 0.717) is 0 Å². The predicted molar refractivity (Wildman–Crippen MR) is 127 cm³/mol. The molecule has 2 heterocycles. The van der Waals surface area contributed by atoms with Gasteiger partial charge in [-0.05, 0) is 38.7 Å². The lowest BCUT2D eigenvalue weighted by molar-refractivity contribution is -0.232. The van der Waals surface area contributed by atoms with E-state index in [2.05, 4.69) is 0 Å². The summed E-state index contributed by atoms with van der Waals surface area (Å²) in [7, 11) is -0.561. The molecule has 5 atom stereocenters. The highest BCUT2D eigenvalue weighted by atomic mass is 16.7. The molecule has 0 aliphatic carbocycles. The van der Waals surface area contributed by atoms with Gasteiger partial charge < -0.3 is 28.3 Å². The number of ether oxygens (including phenoxy) is 4. The van der Waals surface area contributed by atoms with Gasteiger partial charge >= 0.3 is 25.0 Å². The van der Waals surface area contributed by atoms with Gasteiger partial charge in [-0.25, -0.2) is 0 Å². The van der Waals surface area contributed by atoms with Gasteiger partial charge in [-0.3, -0.25) is 14.4 Å². The first kappa shape index (κ1) is 27.2. The molecule has 2 saturated heterocycles. The number of carbonyl (C=O) groups excluding carboxylic acids is 3. The molecule has 0 bridgehead atoms. The van der Waals surface area contributed by atoms with E-state index in [1.165, 1.54) is 20.8 Å². The van der Waals surface area contributed by atoms with Gasteiger partial charge in [-0.2, -0.15) is 0 Å². The van der Waals surface area contributed by atoms with E-state index in [4.69, 9.17) is 28.3 Å². The number of rotatable bonds is 6. The normalized spacial score (nSPS) is 29.4. The second-order valence-electron chi connectivity index (χ2n) is 10.2. The SMILES string of the molecule is CC(=O)OC[C@H]1O[C@H](c2cccc(B3OC(C)(C)C(C)(C)O3)c2)[C@@H](C)[C@@H](OC(C)=O)[C@@H]1OC(C)=O. The minimum Gasteiger partial charge on any atom is -0.463 e. The lowest BCUT2D eigenvalue weighted by Gasteiger charge is -2.44. The molecule has 1 aromatic carbocycles. The van der Waals surface area contributed by atoms with E-state index in [1.54, 1.807) is 0 Å². The van der Waals surface area contributed by atoms with Gasteiger partial charge in [0.15, 0.2) is 6.10 Å². The van der Waals surface area contributed by atoms with Crippen molar-refractivity contribution in [2.24, 2.45) is 5.92 Å². The maximum Gasteiger partial charge on any atom is 0.494 e. The third-order valence-electron chi connectivity index (χ3n) is 6.83. The minimum absolute atomic E-state index is 0.162. The second-order valence-corrected chi connectivity index (χ2v) is 10.2. The van der Waals surface area contributed by atoms with Crippen LogP contribution in [0.15, 0.2) is 24.3 Å². The van der Waals surface area contributed by atoms with Crippen LogP contribution in [0.5, 0.6) is 0 Å². The first-order valence-corrected chi connectivity index (χ1v) is 11.8. The van der Waals surface area contributed by atoms with Gasteiger partial charge in [0.2, 0.25) is 0 Å². The van der Waals surface area contributed by atoms with E-state index in [-0.39, 0.29) is 12.5 Å². The highest BCUT2D eigenvalue weighted by Gasteiger charge is 2.52. The molecule has 1 aromatic rings. The van der Waals surface area contributed by atoms with Crippen molar-refractivity contribution in [3.05, 3.63) is 29.8 Å². The third-order valence-corrected chi connectivity index (χ3v) is 6.83. The van der Waals surface area contributed by atoms with Crippen molar-refractivity contribution >= 4 is 30.5 Å². The van der Waals surface area contributed by atoms with Crippen LogP contribution < -0.4 is 5.46 Å². The molecule has 35 heavy (non-hydrogen) atoms. The van der Waals surface area contributed by atoms with Crippen molar-refractivity contribution < 1.29 is 42.6 Å². The van der Waals surface area contributed by atoms with Gasteiger partial charge in [-0.15, -0.1) is 0 Å². The number of carbonyl (C=O) groups is 3. The Morgan fingerprint density at radius 1 is 0.914 bits per heavy atom. The topological polar surface area (TPSA) is 107 Å². The van der Waals surface area contributed by atoms with Gasteiger partial charge in [-0.1, -0.05) is 31.2 Å². The summed E-state index contributed by atoms with van der Waals surface area (Å²) in [5.74, 6) is -1.96. The fourth-order valence-corrected chi connectivity index (χ4v) is 4.35. The molecule has 0 spiro atoms. The predicted octanol–water partition coefficient (Wildman–Crippen LogP) is 2.49. The first-order valence-electron chi connectivity index (χ1n) is 11.8. The quantitative estimate of drug-likeness (QED) is 0.338. The maximum atomic E-state index is 11.9. The summed E-state index contributed by atoms with van der Waals surface area (Å²) in [6.07, 6.45) is -3.13. The minimum atomic E-state index is -0.937. The number of benzene rings is 1. The Labute approximate surface area is 206 Å². The first-order chi connectivity index (χ1) is 16.2. The molecular weight excluding hydrogens is 455 g/mol. The summed E-state index contributed by atoms with van der Waals surface area (Å²) < 4.78 is 35.0. The Bertz CT molecular complexity index is 944. The zero-order valence-electron chi connectivity index (χ0n) is 21.7. The molecule has 0 unspecified atom stereocenters. The number of esters is 3. The van der Waals surface area contributed by atoms with Crippen LogP contribution in [-0.2, 0) is 42.6 Å². The molecule has 10 heteroatoms. The molecule has 2 aliphatic rings. The Morgan fingerprint density at radius 2 is 1.49 bits per heavy atom. The van der Waals surface area contributed by atoms with Crippen LogP contribution in [-0.4, -0.2) is 61.1 Å². The van der Waals surface area contributed by atoms with Crippen molar-refractivity contribution in [3.63, 3.8) is 0 Å². The lowest BCUT2D eigenvalue weighted by atomic mass is 9.76. The zero-order valence-corrected chi connectivity index (χ0v) is 21.7. The Balaban J connectivity index is 1.94. The summed E-state index contributed by atoms with van der Waals surface area (Å²) in [6.45, 7) is 13.5. The third kappa shape index (κ3) is 6.05. The Hall–Kier alpha value is -2.43. The standard InChI is InChI=1S/C25H35BO9/c1-14-21(18-10-9-11-19(12-18)26-34-24(5,6)25(7,8)35-26)33-20(13-30-15(2)27)23(32-17(4)29)22(14)31-16(3)28/h9-12,14,20-23H,13H2,1-8H3/t14-,20-,21+,22-,23-/m1/s1. The van der Waals surface area contributed by atoms with E-state index in [9.17, 15) is 14.4 Å². The monoisotopic (exact) mass is 490 g/mol. The van der Waals surface area contributed by atoms with Gasteiger partial charge in [0.05, 0.1) is 17.3 Å². The van der Waals surface area contributed by atoms with Gasteiger partial charge in [0, 0.05) is 26.7 Å². The summed E-state index contributed by atoms with van der Waals surface area (Å²) in [5.41, 5.74) is 0.639. The lowest BCUT2D eigenvalue weighted by Crippen LogP contribution is -2.55. The molecule has 9 nitrogen and oxygen atoms in total. The molecule has 0 aromatic heterocycles. The average molecular weight is 490 g/mol. The summed E-state index contributed by atoms with van der Waals surface area (Å²) in [4.78, 5) is 35.2. The fraction of sp³-hybridized carbons (Fsp3) is 0.640. The molecule has 0 saturated carbocycles. The van der Waals surface area contributed by atoms with Crippen LogP contribution >= 0.6 is 0 Å². The largest absolute Gasteiger partial charge is 0.494 e. The molecule has 192 valence electrons. The summed E-state index contributed by atoms with van der Waals surface area (Å²) in [5, 5.41) is 0. The number of hydrogen-bond donors (Lipinski definition) is 0. The molecule has 0 radical (unpaired) electrons.